The van der Waals surface area contributed by atoms with Gasteiger partial charge in [-0.05, 0) is 32.3 Å². The third-order valence-corrected chi connectivity index (χ3v) is 7.04. The predicted octanol–water partition coefficient (Wildman–Crippen LogP) is 2.52. The van der Waals surface area contributed by atoms with Crippen molar-refractivity contribution >= 4 is 15.9 Å². The van der Waals surface area contributed by atoms with Crippen LogP contribution in [-0.4, -0.2) is 42.1 Å². The average Bonchev–Trinajstić information content (AvgIpc) is 3.17. The molecule has 2 aromatic rings. The molecule has 1 amide bonds. The zero-order valence-electron chi connectivity index (χ0n) is 15.6. The molecule has 0 radical (unpaired) electrons. The van der Waals surface area contributed by atoms with Gasteiger partial charge in [0.2, 0.25) is 10.0 Å². The first-order chi connectivity index (χ1) is 12.9. The van der Waals surface area contributed by atoms with E-state index in [2.05, 4.69) is 10.5 Å². The van der Waals surface area contributed by atoms with Crippen molar-refractivity contribution in [1.29, 1.82) is 0 Å². The molecule has 1 atom stereocenters. The number of nitrogens with one attached hydrogen (secondary N) is 1. The molecule has 0 spiro atoms. The number of sulfonamides is 1. The summed E-state index contributed by atoms with van der Waals surface area (Å²) in [7, 11) is -3.30. The van der Waals surface area contributed by atoms with E-state index in [1.165, 1.54) is 4.31 Å². The van der Waals surface area contributed by atoms with E-state index in [0.717, 1.165) is 18.4 Å². The summed E-state index contributed by atoms with van der Waals surface area (Å²) in [5.74, 6) is 0.162. The highest BCUT2D eigenvalue weighted by molar-refractivity contribution is 7.89. The summed E-state index contributed by atoms with van der Waals surface area (Å²) in [5, 5.41) is 6.23. The Hall–Kier alpha value is -2.19. The molecule has 0 saturated carbocycles. The Morgan fingerprint density at radius 3 is 2.78 bits per heavy atom. The molecule has 1 aliphatic rings. The monoisotopic (exact) mass is 391 g/mol. The molecule has 146 valence electrons. The second-order valence-electron chi connectivity index (χ2n) is 7.07. The smallest absolute Gasteiger partial charge is 0.273 e. The quantitative estimate of drug-likeness (QED) is 0.817. The fourth-order valence-corrected chi connectivity index (χ4v) is 4.53. The number of carbonyl (C=O) groups is 1. The molecule has 1 N–H and O–H groups in total. The van der Waals surface area contributed by atoms with E-state index in [0.29, 0.717) is 25.4 Å². The van der Waals surface area contributed by atoms with Crippen LogP contribution in [0, 0.1) is 0 Å². The Kier molecular flexibility index (Phi) is 5.96. The van der Waals surface area contributed by atoms with Crippen molar-refractivity contribution in [2.75, 3.05) is 13.1 Å². The highest BCUT2D eigenvalue weighted by Gasteiger charge is 2.33. The van der Waals surface area contributed by atoms with Gasteiger partial charge in [-0.3, -0.25) is 4.79 Å². The van der Waals surface area contributed by atoms with E-state index >= 15 is 0 Å². The Balaban J connectivity index is 1.63. The molecule has 3 rings (SSSR count). The molecule has 1 saturated heterocycles. The number of piperidine rings is 1. The summed E-state index contributed by atoms with van der Waals surface area (Å²) in [4.78, 5) is 12.3. The van der Waals surface area contributed by atoms with Gasteiger partial charge < -0.3 is 9.84 Å². The Morgan fingerprint density at radius 2 is 2.07 bits per heavy atom. The maximum Gasteiger partial charge on any atom is 0.273 e. The highest BCUT2D eigenvalue weighted by atomic mass is 32.2. The van der Waals surface area contributed by atoms with Crippen LogP contribution in [0.1, 0.15) is 54.4 Å². The molecule has 1 fully saturated rings. The Labute approximate surface area is 159 Å². The fraction of sp³-hybridized carbons (Fsp3) is 0.474. The number of nitrogens with zero attached hydrogens (tertiary/aromatic N) is 2. The standard InChI is InChI=1S/C19H25N3O4S/c1-14(2)27(24,25)22-10-6-9-16(13-22)18-11-17(21-26-18)19(23)20-12-15-7-4-3-5-8-15/h3-5,7-8,11,14,16H,6,9-10,12-13H2,1-2H3,(H,20,23). The highest BCUT2D eigenvalue weighted by Crippen LogP contribution is 2.29. The van der Waals surface area contributed by atoms with E-state index in [9.17, 15) is 13.2 Å². The molecule has 2 heterocycles. The average molecular weight is 391 g/mol. The minimum Gasteiger partial charge on any atom is -0.360 e. The van der Waals surface area contributed by atoms with Gasteiger partial charge in [0.1, 0.15) is 5.76 Å². The van der Waals surface area contributed by atoms with E-state index in [1.807, 2.05) is 30.3 Å². The lowest BCUT2D eigenvalue weighted by molar-refractivity contribution is 0.0941. The van der Waals surface area contributed by atoms with Crippen molar-refractivity contribution in [2.24, 2.45) is 0 Å². The molecule has 1 aromatic heterocycles. The lowest BCUT2D eigenvalue weighted by atomic mass is 9.97. The van der Waals surface area contributed by atoms with Gasteiger partial charge in [-0.1, -0.05) is 35.5 Å². The summed E-state index contributed by atoms with van der Waals surface area (Å²) in [5.41, 5.74) is 1.21. The molecule has 0 aliphatic carbocycles. The molecule has 1 aliphatic heterocycles. The zero-order chi connectivity index (χ0) is 19.4. The fourth-order valence-electron chi connectivity index (χ4n) is 3.16. The van der Waals surface area contributed by atoms with E-state index in [1.54, 1.807) is 19.9 Å². The number of aromatic nitrogens is 1. The van der Waals surface area contributed by atoms with Gasteiger partial charge in [-0.25, -0.2) is 12.7 Å². The number of hydrogen-bond acceptors (Lipinski definition) is 5. The molecule has 8 heteroatoms. The normalized spacial score (nSPS) is 18.6. The first kappa shape index (κ1) is 19.6. The van der Waals surface area contributed by atoms with Gasteiger partial charge >= 0.3 is 0 Å². The van der Waals surface area contributed by atoms with Gasteiger partial charge in [0.15, 0.2) is 5.69 Å². The largest absolute Gasteiger partial charge is 0.360 e. The number of hydrogen-bond donors (Lipinski definition) is 1. The number of amides is 1. The third kappa shape index (κ3) is 4.56. The van der Waals surface area contributed by atoms with E-state index < -0.39 is 15.3 Å². The second kappa shape index (κ2) is 8.22. The Morgan fingerprint density at radius 1 is 1.33 bits per heavy atom. The summed E-state index contributed by atoms with van der Waals surface area (Å²) in [6.07, 6.45) is 1.57. The minimum atomic E-state index is -3.30. The van der Waals surface area contributed by atoms with Crippen LogP contribution in [0.4, 0.5) is 0 Å². The topological polar surface area (TPSA) is 92.5 Å². The minimum absolute atomic E-state index is 0.0875. The van der Waals surface area contributed by atoms with Crippen molar-refractivity contribution in [3.8, 4) is 0 Å². The van der Waals surface area contributed by atoms with Crippen molar-refractivity contribution < 1.29 is 17.7 Å². The maximum absolute atomic E-state index is 12.4. The van der Waals surface area contributed by atoms with Gasteiger partial charge in [0.05, 0.1) is 5.25 Å². The van der Waals surface area contributed by atoms with Crippen LogP contribution in [-0.2, 0) is 16.6 Å². The molecule has 0 bridgehead atoms. The molecule has 27 heavy (non-hydrogen) atoms. The zero-order valence-corrected chi connectivity index (χ0v) is 16.4. The predicted molar refractivity (Wildman–Crippen MR) is 102 cm³/mol. The maximum atomic E-state index is 12.4. The van der Waals surface area contributed by atoms with Crippen LogP contribution in [0.15, 0.2) is 40.9 Å². The van der Waals surface area contributed by atoms with Gasteiger partial charge in [0, 0.05) is 31.6 Å². The van der Waals surface area contributed by atoms with Crippen LogP contribution < -0.4 is 5.32 Å². The molecule has 1 unspecified atom stereocenters. The lowest BCUT2D eigenvalue weighted by Crippen LogP contribution is -2.42. The van der Waals surface area contributed by atoms with Crippen molar-refractivity contribution in [2.45, 2.75) is 44.4 Å². The van der Waals surface area contributed by atoms with Gasteiger partial charge in [0.25, 0.3) is 5.91 Å². The summed E-state index contributed by atoms with van der Waals surface area (Å²) < 4.78 is 31.7. The SMILES string of the molecule is CC(C)S(=O)(=O)N1CCCC(c2cc(C(=O)NCc3ccccc3)no2)C1. The summed E-state index contributed by atoms with van der Waals surface area (Å²) >= 11 is 0. The Bertz CT molecular complexity index is 877. The van der Waals surface area contributed by atoms with Crippen LogP contribution >= 0.6 is 0 Å². The van der Waals surface area contributed by atoms with Crippen LogP contribution in [0.3, 0.4) is 0 Å². The van der Waals surface area contributed by atoms with Crippen LogP contribution in [0.2, 0.25) is 0 Å². The first-order valence-electron chi connectivity index (χ1n) is 9.15. The second-order valence-corrected chi connectivity index (χ2v) is 9.56. The van der Waals surface area contributed by atoms with E-state index in [4.69, 9.17) is 4.52 Å². The van der Waals surface area contributed by atoms with Crippen molar-refractivity contribution in [1.82, 2.24) is 14.8 Å². The summed E-state index contributed by atoms with van der Waals surface area (Å²) in [6, 6.07) is 11.2. The van der Waals surface area contributed by atoms with Crippen molar-refractivity contribution in [3.05, 3.63) is 53.4 Å². The number of carbonyl (C=O) groups excluding carboxylic acids is 1. The van der Waals surface area contributed by atoms with Gasteiger partial charge in [-0.15, -0.1) is 0 Å². The number of rotatable bonds is 6. The molecular formula is C19H25N3O4S. The van der Waals surface area contributed by atoms with Crippen molar-refractivity contribution in [3.63, 3.8) is 0 Å². The lowest BCUT2D eigenvalue weighted by Gasteiger charge is -2.31. The first-order valence-corrected chi connectivity index (χ1v) is 10.7. The summed E-state index contributed by atoms with van der Waals surface area (Å²) in [6.45, 7) is 4.66. The third-order valence-electron chi connectivity index (χ3n) is 4.80. The molecule has 7 nitrogen and oxygen atoms in total. The molecular weight excluding hydrogens is 366 g/mol. The van der Waals surface area contributed by atoms with E-state index in [-0.39, 0.29) is 17.5 Å². The number of benzene rings is 1. The van der Waals surface area contributed by atoms with Crippen LogP contribution in [0.5, 0.6) is 0 Å². The van der Waals surface area contributed by atoms with Gasteiger partial charge in [-0.2, -0.15) is 0 Å². The van der Waals surface area contributed by atoms with Crippen LogP contribution in [0.25, 0.3) is 0 Å². The molecule has 1 aromatic carbocycles.